The van der Waals surface area contributed by atoms with Crippen molar-refractivity contribution in [3.8, 4) is 17.2 Å². The number of methoxy groups -OCH3 is 1. The molecule has 136 valence electrons. The lowest BCUT2D eigenvalue weighted by Crippen LogP contribution is -2.24. The molecule has 0 saturated heterocycles. The molecule has 2 aromatic carbocycles. The molecule has 0 radical (unpaired) electrons. The third-order valence-electron chi connectivity index (χ3n) is 3.26. The van der Waals surface area contributed by atoms with Crippen molar-refractivity contribution in [2.45, 2.75) is 6.92 Å². The van der Waals surface area contributed by atoms with Crippen LogP contribution in [0.3, 0.4) is 0 Å². The Balaban J connectivity index is 1.98. The minimum Gasteiger partial charge on any atom is -0.500 e. The summed E-state index contributed by atoms with van der Waals surface area (Å²) in [7, 11) is 1.27. The Labute approximate surface area is 149 Å². The molecule has 0 aliphatic heterocycles. The van der Waals surface area contributed by atoms with Crippen LogP contribution < -0.4 is 14.9 Å². The quantitative estimate of drug-likeness (QED) is 0.443. The molecule has 0 aliphatic rings. The molecular weight excluding hydrogens is 342 g/mol. The highest BCUT2D eigenvalue weighted by molar-refractivity contribution is 5.85. The van der Waals surface area contributed by atoms with Gasteiger partial charge in [-0.3, -0.25) is 14.9 Å². The lowest BCUT2D eigenvalue weighted by molar-refractivity contribution is -0.386. The summed E-state index contributed by atoms with van der Waals surface area (Å²) < 4.78 is 10.2. The molecule has 2 aromatic rings. The van der Waals surface area contributed by atoms with Crippen LogP contribution in [0.15, 0.2) is 41.5 Å². The predicted molar refractivity (Wildman–Crippen MR) is 93.7 cm³/mol. The van der Waals surface area contributed by atoms with E-state index < -0.39 is 22.3 Å². The number of benzene rings is 2. The number of phenols is 1. The smallest absolute Gasteiger partial charge is 0.315 e. The van der Waals surface area contributed by atoms with Crippen LogP contribution in [0.4, 0.5) is 5.69 Å². The first kappa shape index (κ1) is 18.7. The van der Waals surface area contributed by atoms with Gasteiger partial charge in [0.25, 0.3) is 5.91 Å². The monoisotopic (exact) mass is 359 g/mol. The summed E-state index contributed by atoms with van der Waals surface area (Å²) in [6.07, 6.45) is 1.19. The maximum Gasteiger partial charge on any atom is 0.315 e. The third-order valence-corrected chi connectivity index (χ3v) is 3.26. The minimum absolute atomic E-state index is 0.0743. The number of carbonyl (C=O) groups is 1. The normalized spacial score (nSPS) is 10.5. The second-order valence-corrected chi connectivity index (χ2v) is 5.25. The number of ether oxygens (including phenoxy) is 2. The Kier molecular flexibility index (Phi) is 6.10. The number of rotatable bonds is 7. The van der Waals surface area contributed by atoms with Crippen molar-refractivity contribution in [1.29, 1.82) is 0 Å². The topological polar surface area (TPSA) is 123 Å². The van der Waals surface area contributed by atoms with Crippen molar-refractivity contribution in [1.82, 2.24) is 5.43 Å². The number of carbonyl (C=O) groups excluding carboxylic acids is 1. The van der Waals surface area contributed by atoms with Crippen molar-refractivity contribution in [2.75, 3.05) is 13.7 Å². The van der Waals surface area contributed by atoms with Gasteiger partial charge in [0.15, 0.2) is 12.4 Å². The van der Waals surface area contributed by atoms with Crippen molar-refractivity contribution in [2.24, 2.45) is 5.10 Å². The lowest BCUT2D eigenvalue weighted by atomic mass is 10.2. The molecule has 9 heteroatoms. The van der Waals surface area contributed by atoms with E-state index in [9.17, 15) is 20.0 Å². The molecule has 2 rings (SSSR count). The first-order chi connectivity index (χ1) is 12.4. The first-order valence-corrected chi connectivity index (χ1v) is 7.47. The number of nitro benzene ring substituents is 1. The van der Waals surface area contributed by atoms with E-state index in [2.05, 4.69) is 10.5 Å². The Hall–Kier alpha value is -3.62. The molecule has 9 nitrogen and oxygen atoms in total. The van der Waals surface area contributed by atoms with Gasteiger partial charge in [0.05, 0.1) is 18.2 Å². The molecule has 2 N–H and O–H groups in total. The number of nitrogens with one attached hydrogen (secondary N) is 1. The molecule has 0 atom stereocenters. The van der Waals surface area contributed by atoms with Crippen molar-refractivity contribution in [3.05, 3.63) is 57.6 Å². The molecule has 0 heterocycles. The van der Waals surface area contributed by atoms with E-state index in [1.165, 1.54) is 19.4 Å². The van der Waals surface area contributed by atoms with Crippen molar-refractivity contribution in [3.63, 3.8) is 0 Å². The minimum atomic E-state index is -0.747. The summed E-state index contributed by atoms with van der Waals surface area (Å²) in [4.78, 5) is 21.9. The molecule has 0 aromatic heterocycles. The van der Waals surface area contributed by atoms with Crippen LogP contribution >= 0.6 is 0 Å². The van der Waals surface area contributed by atoms with Gasteiger partial charge in [0.1, 0.15) is 5.75 Å². The number of hydrogen-bond acceptors (Lipinski definition) is 7. The zero-order valence-corrected chi connectivity index (χ0v) is 14.1. The van der Waals surface area contributed by atoms with Gasteiger partial charge >= 0.3 is 5.69 Å². The van der Waals surface area contributed by atoms with Gasteiger partial charge in [-0.25, -0.2) is 5.43 Å². The molecule has 26 heavy (non-hydrogen) atoms. The SMILES string of the molecule is COc1cc(/C=N\NC(=O)COc2cccc(C)c2)cc([N+](=O)[O-])c1O. The summed E-state index contributed by atoms with van der Waals surface area (Å²) in [5, 5.41) is 24.3. The van der Waals surface area contributed by atoms with Crippen LogP contribution in [-0.2, 0) is 4.79 Å². The van der Waals surface area contributed by atoms with Gasteiger partial charge in [-0.2, -0.15) is 5.10 Å². The number of hydrogen-bond donors (Lipinski definition) is 2. The van der Waals surface area contributed by atoms with Crippen LogP contribution in [0.25, 0.3) is 0 Å². The number of amides is 1. The van der Waals surface area contributed by atoms with Gasteiger partial charge < -0.3 is 14.6 Å². The molecule has 0 saturated carbocycles. The van der Waals surface area contributed by atoms with Crippen LogP contribution in [0.5, 0.6) is 17.2 Å². The second-order valence-electron chi connectivity index (χ2n) is 5.25. The fourth-order valence-corrected chi connectivity index (χ4v) is 2.05. The number of phenolic OH excluding ortho intramolecular Hbond substituents is 1. The maximum absolute atomic E-state index is 11.7. The van der Waals surface area contributed by atoms with E-state index in [-0.39, 0.29) is 17.9 Å². The second kappa shape index (κ2) is 8.47. The Morgan fingerprint density at radius 2 is 2.15 bits per heavy atom. The Morgan fingerprint density at radius 3 is 2.81 bits per heavy atom. The van der Waals surface area contributed by atoms with E-state index in [0.717, 1.165) is 11.6 Å². The maximum atomic E-state index is 11.7. The van der Waals surface area contributed by atoms with Gasteiger partial charge in [-0.15, -0.1) is 0 Å². The zero-order chi connectivity index (χ0) is 19.1. The van der Waals surface area contributed by atoms with Crippen LogP contribution in [0, 0.1) is 17.0 Å². The zero-order valence-electron chi connectivity index (χ0n) is 14.1. The summed E-state index contributed by atoms with van der Waals surface area (Å²) >= 11 is 0. The van der Waals surface area contributed by atoms with E-state index in [0.29, 0.717) is 5.75 Å². The standard InChI is InChI=1S/C17H17N3O6/c1-11-4-3-5-13(6-11)26-10-16(21)19-18-9-12-7-14(20(23)24)17(22)15(8-12)25-2/h3-9,22H,10H2,1-2H3,(H,19,21)/b18-9-. The number of nitro groups is 1. The van der Waals surface area contributed by atoms with Gasteiger partial charge in [-0.1, -0.05) is 12.1 Å². The fraction of sp³-hybridized carbons (Fsp3) is 0.176. The summed E-state index contributed by atoms with van der Waals surface area (Å²) in [5.41, 5.74) is 2.99. The number of aromatic hydroxyl groups is 1. The van der Waals surface area contributed by atoms with Gasteiger partial charge in [-0.05, 0) is 30.7 Å². The Bertz CT molecular complexity index is 850. The van der Waals surface area contributed by atoms with E-state index in [1.54, 1.807) is 12.1 Å². The largest absolute Gasteiger partial charge is 0.500 e. The molecule has 0 fully saturated rings. The van der Waals surface area contributed by atoms with Crippen LogP contribution in [-0.4, -0.2) is 35.9 Å². The average Bonchev–Trinajstić information content (AvgIpc) is 2.61. The Morgan fingerprint density at radius 1 is 1.38 bits per heavy atom. The summed E-state index contributed by atoms with van der Waals surface area (Å²) in [6.45, 7) is 1.67. The highest BCUT2D eigenvalue weighted by Crippen LogP contribution is 2.36. The molecular formula is C17H17N3O6. The molecule has 0 spiro atoms. The van der Waals surface area contributed by atoms with Crippen LogP contribution in [0.1, 0.15) is 11.1 Å². The molecule has 0 unspecified atom stereocenters. The van der Waals surface area contributed by atoms with Crippen LogP contribution in [0.2, 0.25) is 0 Å². The summed E-state index contributed by atoms with van der Waals surface area (Å²) in [6, 6.07) is 9.69. The van der Waals surface area contributed by atoms with Gasteiger partial charge in [0, 0.05) is 11.6 Å². The highest BCUT2D eigenvalue weighted by Gasteiger charge is 2.19. The predicted octanol–water partition coefficient (Wildman–Crippen LogP) is 2.15. The van der Waals surface area contributed by atoms with E-state index >= 15 is 0 Å². The average molecular weight is 359 g/mol. The number of hydrazone groups is 1. The van der Waals surface area contributed by atoms with E-state index in [1.807, 2.05) is 19.1 Å². The first-order valence-electron chi connectivity index (χ1n) is 7.47. The highest BCUT2D eigenvalue weighted by atomic mass is 16.6. The lowest BCUT2D eigenvalue weighted by Gasteiger charge is -2.06. The number of aryl methyl sites for hydroxylation is 1. The molecule has 0 aliphatic carbocycles. The summed E-state index contributed by atoms with van der Waals surface area (Å²) in [5.74, 6) is -0.592. The van der Waals surface area contributed by atoms with E-state index in [4.69, 9.17) is 9.47 Å². The van der Waals surface area contributed by atoms with Crippen molar-refractivity contribution < 1.29 is 24.3 Å². The molecule has 0 bridgehead atoms. The molecule has 1 amide bonds. The number of nitrogens with zero attached hydrogens (tertiary/aromatic N) is 2. The fourth-order valence-electron chi connectivity index (χ4n) is 2.05. The van der Waals surface area contributed by atoms with Gasteiger partial charge in [0.2, 0.25) is 5.75 Å². The third kappa shape index (κ3) is 4.94. The van der Waals surface area contributed by atoms with Crippen molar-refractivity contribution >= 4 is 17.8 Å².